The molecule has 0 saturated carbocycles. The summed E-state index contributed by atoms with van der Waals surface area (Å²) in [5, 5.41) is 9.05. The Balaban J connectivity index is 2.59. The predicted octanol–water partition coefficient (Wildman–Crippen LogP) is 1.39. The minimum Gasteiger partial charge on any atom is -0.479 e. The number of benzene rings is 1. The molecule has 0 radical (unpaired) electrons. The average molecular weight is 223 g/mol. The van der Waals surface area contributed by atoms with Crippen LogP contribution < -0.4 is 0 Å². The number of carboxylic acids is 1. The van der Waals surface area contributed by atoms with Crippen molar-refractivity contribution in [2.75, 3.05) is 27.2 Å². The smallest absolute Gasteiger partial charge is 0.337 e. The standard InChI is InChI=1S/C12H17NO3/c1-13(2)8-9-16-11(12(14)15)10-6-4-3-5-7-10/h3-7,11H,8-9H2,1-2H3,(H,14,15). The van der Waals surface area contributed by atoms with E-state index in [1.54, 1.807) is 24.3 Å². The second-order valence-corrected chi connectivity index (χ2v) is 3.80. The van der Waals surface area contributed by atoms with Gasteiger partial charge in [0.2, 0.25) is 0 Å². The third kappa shape index (κ3) is 4.00. The van der Waals surface area contributed by atoms with E-state index in [9.17, 15) is 4.79 Å². The van der Waals surface area contributed by atoms with Crippen molar-refractivity contribution < 1.29 is 14.6 Å². The monoisotopic (exact) mass is 223 g/mol. The highest BCUT2D eigenvalue weighted by Crippen LogP contribution is 2.16. The van der Waals surface area contributed by atoms with Crippen molar-refractivity contribution in [1.82, 2.24) is 4.90 Å². The summed E-state index contributed by atoms with van der Waals surface area (Å²) in [5.74, 6) is -0.954. The molecule has 1 unspecified atom stereocenters. The number of likely N-dealkylation sites (N-methyl/N-ethyl adjacent to an activating group) is 1. The quantitative estimate of drug-likeness (QED) is 0.791. The van der Waals surface area contributed by atoms with Gasteiger partial charge in [0.1, 0.15) is 0 Å². The molecule has 1 aromatic rings. The highest BCUT2D eigenvalue weighted by atomic mass is 16.5. The van der Waals surface area contributed by atoms with E-state index in [2.05, 4.69) is 0 Å². The molecule has 16 heavy (non-hydrogen) atoms. The van der Waals surface area contributed by atoms with E-state index in [1.807, 2.05) is 25.1 Å². The summed E-state index contributed by atoms with van der Waals surface area (Å²) < 4.78 is 5.36. The zero-order valence-electron chi connectivity index (χ0n) is 9.59. The van der Waals surface area contributed by atoms with Gasteiger partial charge in [-0.15, -0.1) is 0 Å². The maximum atomic E-state index is 11.0. The van der Waals surface area contributed by atoms with E-state index in [0.29, 0.717) is 18.7 Å². The first-order valence-corrected chi connectivity index (χ1v) is 5.15. The molecule has 0 amide bonds. The Labute approximate surface area is 95.5 Å². The zero-order valence-corrected chi connectivity index (χ0v) is 9.59. The fourth-order valence-corrected chi connectivity index (χ4v) is 1.29. The third-order valence-corrected chi connectivity index (χ3v) is 2.15. The fraction of sp³-hybridized carbons (Fsp3) is 0.417. The van der Waals surface area contributed by atoms with Crippen LogP contribution in [-0.4, -0.2) is 43.2 Å². The summed E-state index contributed by atoms with van der Waals surface area (Å²) in [6, 6.07) is 8.98. The first-order chi connectivity index (χ1) is 7.61. The summed E-state index contributed by atoms with van der Waals surface area (Å²) in [7, 11) is 3.84. The molecule has 0 aliphatic heterocycles. The van der Waals surface area contributed by atoms with Crippen molar-refractivity contribution >= 4 is 5.97 Å². The first kappa shape index (κ1) is 12.7. The van der Waals surface area contributed by atoms with Gasteiger partial charge < -0.3 is 14.7 Å². The van der Waals surface area contributed by atoms with Crippen molar-refractivity contribution in [2.24, 2.45) is 0 Å². The van der Waals surface area contributed by atoms with E-state index < -0.39 is 12.1 Å². The minimum absolute atomic E-state index is 0.402. The van der Waals surface area contributed by atoms with Gasteiger partial charge in [-0.2, -0.15) is 0 Å². The lowest BCUT2D eigenvalue weighted by Crippen LogP contribution is -2.22. The van der Waals surface area contributed by atoms with Gasteiger partial charge >= 0.3 is 5.97 Å². The summed E-state index contributed by atoms with van der Waals surface area (Å²) in [6.07, 6.45) is -0.874. The van der Waals surface area contributed by atoms with Crippen molar-refractivity contribution in [3.05, 3.63) is 35.9 Å². The van der Waals surface area contributed by atoms with Gasteiger partial charge in [0.25, 0.3) is 0 Å². The number of hydrogen-bond donors (Lipinski definition) is 1. The Hall–Kier alpha value is -1.39. The van der Waals surface area contributed by atoms with Crippen LogP contribution in [0.25, 0.3) is 0 Å². The van der Waals surface area contributed by atoms with Gasteiger partial charge in [-0.3, -0.25) is 0 Å². The Morgan fingerprint density at radius 1 is 1.38 bits per heavy atom. The number of nitrogens with zero attached hydrogens (tertiary/aromatic N) is 1. The van der Waals surface area contributed by atoms with Gasteiger partial charge in [0.15, 0.2) is 6.10 Å². The van der Waals surface area contributed by atoms with Gasteiger partial charge in [0.05, 0.1) is 6.61 Å². The molecular formula is C12H17NO3. The van der Waals surface area contributed by atoms with Crippen LogP contribution in [0.1, 0.15) is 11.7 Å². The molecule has 0 aromatic heterocycles. The molecule has 4 nitrogen and oxygen atoms in total. The summed E-state index contributed by atoms with van der Waals surface area (Å²) in [4.78, 5) is 13.0. The number of carboxylic acid groups (broad SMARTS) is 1. The molecule has 1 rings (SSSR count). The molecule has 0 saturated heterocycles. The van der Waals surface area contributed by atoms with Gasteiger partial charge in [-0.1, -0.05) is 30.3 Å². The highest BCUT2D eigenvalue weighted by molar-refractivity contribution is 5.74. The normalized spacial score (nSPS) is 12.7. The lowest BCUT2D eigenvalue weighted by molar-refractivity contribution is -0.151. The van der Waals surface area contributed by atoms with E-state index >= 15 is 0 Å². The van der Waals surface area contributed by atoms with Crippen molar-refractivity contribution in [3.8, 4) is 0 Å². The molecule has 0 aliphatic rings. The Morgan fingerprint density at radius 3 is 2.50 bits per heavy atom. The van der Waals surface area contributed by atoms with Crippen LogP contribution in [0.15, 0.2) is 30.3 Å². The largest absolute Gasteiger partial charge is 0.479 e. The number of aliphatic carboxylic acids is 1. The second kappa shape index (κ2) is 6.25. The van der Waals surface area contributed by atoms with Crippen LogP contribution in [0.5, 0.6) is 0 Å². The van der Waals surface area contributed by atoms with Crippen LogP contribution in [0, 0.1) is 0 Å². The van der Waals surface area contributed by atoms with E-state index in [-0.39, 0.29) is 0 Å². The van der Waals surface area contributed by atoms with E-state index in [4.69, 9.17) is 9.84 Å². The molecule has 88 valence electrons. The highest BCUT2D eigenvalue weighted by Gasteiger charge is 2.19. The summed E-state index contributed by atoms with van der Waals surface area (Å²) in [6.45, 7) is 1.11. The Bertz CT molecular complexity index is 324. The maximum Gasteiger partial charge on any atom is 0.337 e. The van der Waals surface area contributed by atoms with Crippen LogP contribution in [0.2, 0.25) is 0 Å². The van der Waals surface area contributed by atoms with E-state index in [0.717, 1.165) is 0 Å². The minimum atomic E-state index is -0.954. The number of carbonyl (C=O) groups is 1. The SMILES string of the molecule is CN(C)CCOC(C(=O)O)c1ccccc1. The summed E-state index contributed by atoms with van der Waals surface area (Å²) in [5.41, 5.74) is 0.675. The molecule has 0 spiro atoms. The molecule has 0 bridgehead atoms. The van der Waals surface area contributed by atoms with Gasteiger partial charge in [-0.25, -0.2) is 4.79 Å². The number of ether oxygens (including phenoxy) is 1. The predicted molar refractivity (Wildman–Crippen MR) is 61.3 cm³/mol. The molecular weight excluding hydrogens is 206 g/mol. The topological polar surface area (TPSA) is 49.8 Å². The molecule has 0 aliphatic carbocycles. The molecule has 1 atom stereocenters. The van der Waals surface area contributed by atoms with Crippen molar-refractivity contribution in [2.45, 2.75) is 6.10 Å². The third-order valence-electron chi connectivity index (χ3n) is 2.15. The van der Waals surface area contributed by atoms with Crippen LogP contribution >= 0.6 is 0 Å². The Kier molecular flexibility index (Phi) is 4.95. The van der Waals surface area contributed by atoms with E-state index in [1.165, 1.54) is 0 Å². The van der Waals surface area contributed by atoms with Crippen LogP contribution in [-0.2, 0) is 9.53 Å². The molecule has 4 heteroatoms. The van der Waals surface area contributed by atoms with Gasteiger partial charge in [-0.05, 0) is 19.7 Å². The second-order valence-electron chi connectivity index (χ2n) is 3.80. The number of hydrogen-bond acceptors (Lipinski definition) is 3. The number of rotatable bonds is 6. The fourth-order valence-electron chi connectivity index (χ4n) is 1.29. The van der Waals surface area contributed by atoms with Gasteiger partial charge in [0, 0.05) is 6.54 Å². The van der Waals surface area contributed by atoms with Crippen molar-refractivity contribution in [3.63, 3.8) is 0 Å². The Morgan fingerprint density at radius 2 is 2.00 bits per heavy atom. The van der Waals surface area contributed by atoms with Crippen molar-refractivity contribution in [1.29, 1.82) is 0 Å². The lowest BCUT2D eigenvalue weighted by atomic mass is 10.1. The van der Waals surface area contributed by atoms with Crippen LogP contribution in [0.4, 0.5) is 0 Å². The molecule has 0 heterocycles. The van der Waals surface area contributed by atoms with Crippen LogP contribution in [0.3, 0.4) is 0 Å². The molecule has 1 aromatic carbocycles. The molecule has 1 N–H and O–H groups in total. The molecule has 0 fully saturated rings. The first-order valence-electron chi connectivity index (χ1n) is 5.15. The lowest BCUT2D eigenvalue weighted by Gasteiger charge is -2.16. The zero-order chi connectivity index (χ0) is 12.0. The maximum absolute atomic E-state index is 11.0. The summed E-state index contributed by atoms with van der Waals surface area (Å²) >= 11 is 0. The average Bonchev–Trinajstić information content (AvgIpc) is 2.25.